The van der Waals surface area contributed by atoms with E-state index in [-0.39, 0.29) is 12.7 Å². The van der Waals surface area contributed by atoms with Gasteiger partial charge >= 0.3 is 0 Å². The van der Waals surface area contributed by atoms with E-state index < -0.39 is 5.91 Å². The molecule has 0 saturated heterocycles. The molecule has 1 aromatic heterocycles. The fraction of sp³-hybridized carbons (Fsp3) is 0.333. The lowest BCUT2D eigenvalue weighted by Gasteiger charge is -2.07. The smallest absolute Gasteiger partial charge is 0.279 e. The van der Waals surface area contributed by atoms with E-state index in [0.717, 1.165) is 12.8 Å². The third-order valence-electron chi connectivity index (χ3n) is 4.39. The van der Waals surface area contributed by atoms with Gasteiger partial charge in [-0.15, -0.1) is 11.3 Å². The fourth-order valence-corrected chi connectivity index (χ4v) is 4.21. The minimum absolute atomic E-state index is 0.153. The van der Waals surface area contributed by atoms with Crippen LogP contribution in [0.5, 0.6) is 11.5 Å². The van der Waals surface area contributed by atoms with E-state index >= 15 is 0 Å². The third-order valence-corrected chi connectivity index (χ3v) is 5.63. The molecule has 6 nitrogen and oxygen atoms in total. The summed E-state index contributed by atoms with van der Waals surface area (Å²) in [6.45, 7) is 0.153. The summed E-state index contributed by atoms with van der Waals surface area (Å²) >= 11 is 1.52. The Morgan fingerprint density at radius 1 is 0.920 bits per heavy atom. The van der Waals surface area contributed by atoms with Crippen molar-refractivity contribution >= 4 is 23.2 Å². The SMILES string of the molecule is O=C(NNC(=O)c1cc2c(s1)CCCCC2)c1ccc2c(c1)OCO2. The molecule has 25 heavy (non-hydrogen) atoms. The number of amides is 2. The highest BCUT2D eigenvalue weighted by molar-refractivity contribution is 7.14. The molecule has 7 heteroatoms. The van der Waals surface area contributed by atoms with Gasteiger partial charge in [-0.1, -0.05) is 6.42 Å². The first kappa shape index (κ1) is 16.0. The number of hydrazine groups is 1. The van der Waals surface area contributed by atoms with Crippen LogP contribution in [0.25, 0.3) is 0 Å². The molecule has 0 atom stereocenters. The Balaban J connectivity index is 1.39. The summed E-state index contributed by atoms with van der Waals surface area (Å²) in [4.78, 5) is 26.4. The van der Waals surface area contributed by atoms with Crippen molar-refractivity contribution < 1.29 is 19.1 Å². The molecule has 130 valence electrons. The lowest BCUT2D eigenvalue weighted by molar-refractivity contribution is 0.0848. The van der Waals surface area contributed by atoms with E-state index in [4.69, 9.17) is 9.47 Å². The zero-order chi connectivity index (χ0) is 17.2. The van der Waals surface area contributed by atoms with Crippen LogP contribution in [0.15, 0.2) is 24.3 Å². The molecule has 0 spiro atoms. The highest BCUT2D eigenvalue weighted by atomic mass is 32.1. The second-order valence-corrected chi connectivity index (χ2v) is 7.23. The molecule has 2 heterocycles. The van der Waals surface area contributed by atoms with Gasteiger partial charge in [0.15, 0.2) is 11.5 Å². The molecule has 1 aliphatic carbocycles. The summed E-state index contributed by atoms with van der Waals surface area (Å²) < 4.78 is 10.5. The Kier molecular flexibility index (Phi) is 4.31. The number of carbonyl (C=O) groups is 2. The van der Waals surface area contributed by atoms with Gasteiger partial charge in [0.1, 0.15) is 0 Å². The van der Waals surface area contributed by atoms with Gasteiger partial charge in [-0.05, 0) is 55.5 Å². The largest absolute Gasteiger partial charge is 0.454 e. The first-order chi connectivity index (χ1) is 12.2. The molecule has 1 aromatic carbocycles. The highest BCUT2D eigenvalue weighted by Gasteiger charge is 2.19. The number of fused-ring (bicyclic) bond motifs is 2. The van der Waals surface area contributed by atoms with Crippen LogP contribution in [-0.4, -0.2) is 18.6 Å². The maximum absolute atomic E-state index is 12.3. The lowest BCUT2D eigenvalue weighted by Crippen LogP contribution is -2.41. The molecule has 0 unspecified atom stereocenters. The lowest BCUT2D eigenvalue weighted by atomic mass is 10.1. The van der Waals surface area contributed by atoms with Crippen LogP contribution in [0.1, 0.15) is 49.7 Å². The van der Waals surface area contributed by atoms with E-state index in [9.17, 15) is 9.59 Å². The van der Waals surface area contributed by atoms with E-state index in [0.29, 0.717) is 21.9 Å². The predicted molar refractivity (Wildman–Crippen MR) is 93.1 cm³/mol. The number of hydrogen-bond donors (Lipinski definition) is 2. The second-order valence-electron chi connectivity index (χ2n) is 6.10. The molecular weight excluding hydrogens is 340 g/mol. The summed E-state index contributed by atoms with van der Waals surface area (Å²) in [5.74, 6) is 0.457. The number of benzene rings is 1. The summed E-state index contributed by atoms with van der Waals surface area (Å²) in [5.41, 5.74) is 6.61. The number of ether oxygens (including phenoxy) is 2. The average molecular weight is 358 g/mol. The van der Waals surface area contributed by atoms with Gasteiger partial charge in [-0.3, -0.25) is 20.4 Å². The molecule has 2 amide bonds. The summed E-state index contributed by atoms with van der Waals surface area (Å²) in [6.07, 6.45) is 5.66. The quantitative estimate of drug-likeness (QED) is 0.639. The summed E-state index contributed by atoms with van der Waals surface area (Å²) in [7, 11) is 0. The molecule has 4 rings (SSSR count). The molecule has 0 saturated carbocycles. The van der Waals surface area contributed by atoms with Crippen molar-refractivity contribution in [3.05, 3.63) is 45.1 Å². The Labute approximate surface area is 149 Å². The topological polar surface area (TPSA) is 76.7 Å². The van der Waals surface area contributed by atoms with Crippen molar-refractivity contribution in [1.82, 2.24) is 10.9 Å². The molecule has 1 aliphatic heterocycles. The molecule has 0 bridgehead atoms. The third kappa shape index (κ3) is 3.32. The first-order valence-electron chi connectivity index (χ1n) is 8.32. The number of hydrogen-bond acceptors (Lipinski definition) is 5. The van der Waals surface area contributed by atoms with Crippen LogP contribution in [0.3, 0.4) is 0 Å². The van der Waals surface area contributed by atoms with Gasteiger partial charge in [0, 0.05) is 10.4 Å². The van der Waals surface area contributed by atoms with Crippen LogP contribution in [0.4, 0.5) is 0 Å². The number of rotatable bonds is 2. The van der Waals surface area contributed by atoms with Gasteiger partial charge in [0.2, 0.25) is 6.79 Å². The number of nitrogens with one attached hydrogen (secondary N) is 2. The van der Waals surface area contributed by atoms with Crippen LogP contribution in [-0.2, 0) is 12.8 Å². The summed E-state index contributed by atoms with van der Waals surface area (Å²) in [5, 5.41) is 0. The zero-order valence-corrected chi connectivity index (χ0v) is 14.4. The maximum atomic E-state index is 12.3. The Hall–Kier alpha value is -2.54. The van der Waals surface area contributed by atoms with Crippen molar-refractivity contribution in [3.8, 4) is 11.5 Å². The minimum atomic E-state index is -0.398. The number of carbonyl (C=O) groups excluding carboxylic acids is 2. The zero-order valence-electron chi connectivity index (χ0n) is 13.6. The molecule has 2 aliphatic rings. The van der Waals surface area contributed by atoms with Gasteiger partial charge in [0.25, 0.3) is 11.8 Å². The van der Waals surface area contributed by atoms with Crippen LogP contribution in [0, 0.1) is 0 Å². The van der Waals surface area contributed by atoms with E-state index in [1.807, 2.05) is 6.07 Å². The van der Waals surface area contributed by atoms with Gasteiger partial charge in [0.05, 0.1) is 4.88 Å². The average Bonchev–Trinajstić information content (AvgIpc) is 3.20. The van der Waals surface area contributed by atoms with Gasteiger partial charge < -0.3 is 9.47 Å². The fourth-order valence-electron chi connectivity index (χ4n) is 3.06. The van der Waals surface area contributed by atoms with Gasteiger partial charge in [-0.2, -0.15) is 0 Å². The standard InChI is InChI=1S/C18H18N2O4S/c21-17(12-6-7-13-14(8-12)24-10-23-13)19-20-18(22)16-9-11-4-2-1-3-5-15(11)25-16/h6-9H,1-5,10H2,(H,19,21)(H,20,22). The molecular formula is C18H18N2O4S. The molecule has 2 N–H and O–H groups in total. The van der Waals surface area contributed by atoms with Crippen molar-refractivity contribution in [2.45, 2.75) is 32.1 Å². The molecule has 0 radical (unpaired) electrons. The first-order valence-corrected chi connectivity index (χ1v) is 9.14. The van der Waals surface area contributed by atoms with Crippen molar-refractivity contribution in [1.29, 1.82) is 0 Å². The van der Waals surface area contributed by atoms with Gasteiger partial charge in [-0.25, -0.2) is 0 Å². The Morgan fingerprint density at radius 3 is 2.64 bits per heavy atom. The van der Waals surface area contributed by atoms with Crippen LogP contribution in [0.2, 0.25) is 0 Å². The Morgan fingerprint density at radius 2 is 1.72 bits per heavy atom. The monoisotopic (exact) mass is 358 g/mol. The predicted octanol–water partition coefficient (Wildman–Crippen LogP) is 2.82. The number of thiophene rings is 1. The van der Waals surface area contributed by atoms with E-state index in [1.54, 1.807) is 18.2 Å². The van der Waals surface area contributed by atoms with E-state index in [2.05, 4.69) is 10.9 Å². The highest BCUT2D eigenvalue weighted by Crippen LogP contribution is 2.32. The molecule has 0 fully saturated rings. The maximum Gasteiger partial charge on any atom is 0.279 e. The van der Waals surface area contributed by atoms with E-state index in [1.165, 1.54) is 41.0 Å². The Bertz CT molecular complexity index is 807. The minimum Gasteiger partial charge on any atom is -0.454 e. The second kappa shape index (κ2) is 6.76. The van der Waals surface area contributed by atoms with Crippen molar-refractivity contribution in [2.75, 3.05) is 6.79 Å². The van der Waals surface area contributed by atoms with Crippen molar-refractivity contribution in [2.24, 2.45) is 0 Å². The number of aryl methyl sites for hydroxylation is 2. The van der Waals surface area contributed by atoms with Crippen LogP contribution >= 0.6 is 11.3 Å². The summed E-state index contributed by atoms with van der Waals surface area (Å²) in [6, 6.07) is 6.85. The normalized spacial score (nSPS) is 15.2. The van der Waals surface area contributed by atoms with Crippen LogP contribution < -0.4 is 20.3 Å². The molecule has 2 aromatic rings. The van der Waals surface area contributed by atoms with Crippen molar-refractivity contribution in [3.63, 3.8) is 0 Å².